The van der Waals surface area contributed by atoms with E-state index in [1.807, 2.05) is 6.92 Å². The molecule has 1 atom stereocenters. The largest absolute Gasteiger partial charge is 0.379 e. The summed E-state index contributed by atoms with van der Waals surface area (Å²) in [5.41, 5.74) is 0.940. The Labute approximate surface area is 123 Å². The smallest absolute Gasteiger partial charge is 0.186 e. The van der Waals surface area contributed by atoms with Crippen molar-refractivity contribution in [2.45, 2.75) is 25.8 Å². The number of ether oxygens (including phenoxy) is 1. The average molecular weight is 295 g/mol. The normalized spacial score (nSPS) is 24.2. The van der Waals surface area contributed by atoms with Crippen molar-refractivity contribution in [3.63, 3.8) is 0 Å². The highest BCUT2D eigenvalue weighted by Crippen LogP contribution is 2.29. The molecule has 3 rings (SSSR count). The van der Waals surface area contributed by atoms with Crippen molar-refractivity contribution in [3.8, 4) is 0 Å². The van der Waals surface area contributed by atoms with E-state index in [4.69, 9.17) is 4.74 Å². The maximum atomic E-state index is 11.1. The zero-order chi connectivity index (χ0) is 13.9. The molecule has 110 valence electrons. The zero-order valence-corrected chi connectivity index (χ0v) is 12.7. The monoisotopic (exact) mass is 295 g/mol. The number of morpholine rings is 1. The number of aldehydes is 1. The number of nitrogens with zero attached hydrogens (tertiary/aromatic N) is 3. The number of thiazole rings is 1. The van der Waals surface area contributed by atoms with E-state index in [0.717, 1.165) is 67.8 Å². The van der Waals surface area contributed by atoms with E-state index >= 15 is 0 Å². The third kappa shape index (κ3) is 2.73. The Morgan fingerprint density at radius 1 is 1.40 bits per heavy atom. The highest BCUT2D eigenvalue weighted by molar-refractivity contribution is 7.17. The molecule has 0 aliphatic carbocycles. The Hall–Kier alpha value is -0.980. The van der Waals surface area contributed by atoms with Crippen LogP contribution in [0.1, 0.15) is 28.7 Å². The van der Waals surface area contributed by atoms with Gasteiger partial charge in [0.25, 0.3) is 0 Å². The summed E-state index contributed by atoms with van der Waals surface area (Å²) in [5, 5.41) is 1.01. The molecule has 5 nitrogen and oxygen atoms in total. The molecular formula is C14H21N3O2S. The Bertz CT molecular complexity index is 471. The molecule has 2 saturated heterocycles. The average Bonchev–Trinajstić information content (AvgIpc) is 3.14. The van der Waals surface area contributed by atoms with Gasteiger partial charge in [-0.15, -0.1) is 0 Å². The lowest BCUT2D eigenvalue weighted by atomic mass is 10.2. The molecule has 1 aromatic heterocycles. The molecule has 6 heteroatoms. The van der Waals surface area contributed by atoms with Crippen LogP contribution in [0.2, 0.25) is 0 Å². The third-order valence-corrected chi connectivity index (χ3v) is 5.24. The van der Waals surface area contributed by atoms with E-state index in [-0.39, 0.29) is 0 Å². The predicted molar refractivity (Wildman–Crippen MR) is 79.9 cm³/mol. The van der Waals surface area contributed by atoms with E-state index in [1.165, 1.54) is 17.8 Å². The number of hydrogen-bond acceptors (Lipinski definition) is 6. The molecular weight excluding hydrogens is 274 g/mol. The second kappa shape index (κ2) is 6.20. The fourth-order valence-corrected chi connectivity index (χ4v) is 3.99. The van der Waals surface area contributed by atoms with Gasteiger partial charge in [0.15, 0.2) is 11.4 Å². The molecule has 3 heterocycles. The first-order chi connectivity index (χ1) is 9.81. The quantitative estimate of drug-likeness (QED) is 0.786. The second-order valence-corrected chi connectivity index (χ2v) is 6.32. The Balaban J connectivity index is 1.67. The van der Waals surface area contributed by atoms with Crippen LogP contribution in [-0.2, 0) is 11.2 Å². The van der Waals surface area contributed by atoms with Gasteiger partial charge in [-0.3, -0.25) is 9.69 Å². The fourth-order valence-electron chi connectivity index (χ4n) is 2.99. The molecule has 2 aliphatic rings. The number of aromatic nitrogens is 1. The van der Waals surface area contributed by atoms with E-state index in [1.54, 1.807) is 0 Å². The first kappa shape index (κ1) is 14.0. The molecule has 0 radical (unpaired) electrons. The summed E-state index contributed by atoms with van der Waals surface area (Å²) in [6, 6.07) is 0.604. The van der Waals surface area contributed by atoms with Crippen LogP contribution in [-0.4, -0.2) is 61.6 Å². The summed E-state index contributed by atoms with van der Waals surface area (Å²) in [6.45, 7) is 7.89. The van der Waals surface area contributed by atoms with Gasteiger partial charge in [-0.2, -0.15) is 0 Å². The molecule has 2 aliphatic heterocycles. The topological polar surface area (TPSA) is 45.7 Å². The number of aryl methyl sites for hydroxylation is 1. The SMILES string of the molecule is CCc1nc(N2CCC(N3CCOCC3)C2)sc1C=O. The third-order valence-electron chi connectivity index (χ3n) is 4.15. The van der Waals surface area contributed by atoms with Crippen molar-refractivity contribution >= 4 is 22.8 Å². The van der Waals surface area contributed by atoms with Crippen LogP contribution in [0.4, 0.5) is 5.13 Å². The number of anilines is 1. The fraction of sp³-hybridized carbons (Fsp3) is 0.714. The number of carbonyl (C=O) groups excluding carboxylic acids is 1. The second-order valence-electron chi connectivity index (χ2n) is 5.32. The standard InChI is InChI=1S/C14H21N3O2S/c1-2-12-13(10-18)20-14(15-12)17-4-3-11(9-17)16-5-7-19-8-6-16/h10-11H,2-9H2,1H3. The summed E-state index contributed by atoms with van der Waals surface area (Å²) < 4.78 is 5.41. The summed E-state index contributed by atoms with van der Waals surface area (Å²) in [5.74, 6) is 0. The first-order valence-electron chi connectivity index (χ1n) is 7.33. The van der Waals surface area contributed by atoms with E-state index in [0.29, 0.717) is 6.04 Å². The minimum atomic E-state index is 0.604. The van der Waals surface area contributed by atoms with Gasteiger partial charge in [-0.25, -0.2) is 4.98 Å². The van der Waals surface area contributed by atoms with Crippen LogP contribution < -0.4 is 4.90 Å². The molecule has 0 saturated carbocycles. The van der Waals surface area contributed by atoms with Gasteiger partial charge in [-0.05, 0) is 12.8 Å². The van der Waals surface area contributed by atoms with Gasteiger partial charge < -0.3 is 9.64 Å². The van der Waals surface area contributed by atoms with Crippen molar-refractivity contribution in [1.82, 2.24) is 9.88 Å². The maximum Gasteiger partial charge on any atom is 0.186 e. The Morgan fingerprint density at radius 3 is 2.85 bits per heavy atom. The van der Waals surface area contributed by atoms with Crippen LogP contribution in [0.5, 0.6) is 0 Å². The number of hydrogen-bond donors (Lipinski definition) is 0. The molecule has 1 aromatic rings. The number of carbonyl (C=O) groups is 1. The van der Waals surface area contributed by atoms with Crippen LogP contribution in [0.25, 0.3) is 0 Å². The predicted octanol–water partition coefficient (Wildman–Crippen LogP) is 1.43. The van der Waals surface area contributed by atoms with E-state index in [2.05, 4.69) is 14.8 Å². The van der Waals surface area contributed by atoms with E-state index in [9.17, 15) is 4.79 Å². The summed E-state index contributed by atoms with van der Waals surface area (Å²) in [4.78, 5) is 21.3. The van der Waals surface area contributed by atoms with Crippen LogP contribution >= 0.6 is 11.3 Å². The maximum absolute atomic E-state index is 11.1. The highest BCUT2D eigenvalue weighted by atomic mass is 32.1. The van der Waals surface area contributed by atoms with Crippen molar-refractivity contribution in [2.24, 2.45) is 0 Å². The molecule has 0 N–H and O–H groups in total. The minimum Gasteiger partial charge on any atom is -0.379 e. The Kier molecular flexibility index (Phi) is 4.33. The molecule has 20 heavy (non-hydrogen) atoms. The Morgan fingerprint density at radius 2 is 2.20 bits per heavy atom. The summed E-state index contributed by atoms with van der Waals surface area (Å²) in [7, 11) is 0. The lowest BCUT2D eigenvalue weighted by Gasteiger charge is -2.32. The highest BCUT2D eigenvalue weighted by Gasteiger charge is 2.30. The minimum absolute atomic E-state index is 0.604. The van der Waals surface area contributed by atoms with Gasteiger partial charge in [-0.1, -0.05) is 18.3 Å². The lowest BCUT2D eigenvalue weighted by molar-refractivity contribution is 0.0209. The molecule has 0 bridgehead atoms. The molecule has 0 amide bonds. The summed E-state index contributed by atoms with van der Waals surface area (Å²) in [6.07, 6.45) is 2.94. The van der Waals surface area contributed by atoms with Crippen LogP contribution in [0.15, 0.2) is 0 Å². The van der Waals surface area contributed by atoms with Crippen LogP contribution in [0, 0.1) is 0 Å². The van der Waals surface area contributed by atoms with Gasteiger partial charge >= 0.3 is 0 Å². The molecule has 2 fully saturated rings. The van der Waals surface area contributed by atoms with Gasteiger partial charge in [0.2, 0.25) is 0 Å². The van der Waals surface area contributed by atoms with Crippen molar-refractivity contribution in [3.05, 3.63) is 10.6 Å². The van der Waals surface area contributed by atoms with Crippen molar-refractivity contribution in [2.75, 3.05) is 44.3 Å². The lowest BCUT2D eigenvalue weighted by Crippen LogP contribution is -2.44. The van der Waals surface area contributed by atoms with E-state index < -0.39 is 0 Å². The van der Waals surface area contributed by atoms with Gasteiger partial charge in [0.1, 0.15) is 0 Å². The zero-order valence-electron chi connectivity index (χ0n) is 11.9. The number of rotatable bonds is 4. The van der Waals surface area contributed by atoms with Gasteiger partial charge in [0, 0.05) is 32.2 Å². The molecule has 0 aromatic carbocycles. The summed E-state index contributed by atoms with van der Waals surface area (Å²) >= 11 is 1.53. The van der Waals surface area contributed by atoms with Crippen molar-refractivity contribution < 1.29 is 9.53 Å². The van der Waals surface area contributed by atoms with Gasteiger partial charge in [0.05, 0.1) is 23.8 Å². The van der Waals surface area contributed by atoms with Crippen LogP contribution in [0.3, 0.4) is 0 Å². The first-order valence-corrected chi connectivity index (χ1v) is 8.15. The molecule has 0 spiro atoms. The van der Waals surface area contributed by atoms with Crippen molar-refractivity contribution in [1.29, 1.82) is 0 Å². The molecule has 1 unspecified atom stereocenters.